The van der Waals surface area contributed by atoms with E-state index < -0.39 is 0 Å². The van der Waals surface area contributed by atoms with Crippen LogP contribution in [0, 0.1) is 5.41 Å². The number of hydrogen-bond donors (Lipinski definition) is 1. The standard InChI is InChI=1S/C15H28N4O2/c1-15(6-4-5-12(15)16)14(21)19-9-7-18(8-10-19)11-13(20)17(2)3/h12H,4-11,16H2,1-3H3. The minimum Gasteiger partial charge on any atom is -0.348 e. The Morgan fingerprint density at radius 3 is 2.33 bits per heavy atom. The van der Waals surface area contributed by atoms with Crippen LogP contribution in [0.4, 0.5) is 0 Å². The van der Waals surface area contributed by atoms with Gasteiger partial charge in [0.15, 0.2) is 0 Å². The van der Waals surface area contributed by atoms with Crippen LogP contribution >= 0.6 is 0 Å². The Bertz CT molecular complexity index is 404. The fourth-order valence-electron chi connectivity index (χ4n) is 3.26. The van der Waals surface area contributed by atoms with E-state index in [0.29, 0.717) is 19.6 Å². The van der Waals surface area contributed by atoms with E-state index in [9.17, 15) is 9.59 Å². The lowest BCUT2D eigenvalue weighted by molar-refractivity contribution is -0.143. The summed E-state index contributed by atoms with van der Waals surface area (Å²) in [5.74, 6) is 0.311. The second kappa shape index (κ2) is 6.32. The molecule has 2 rings (SSSR count). The lowest BCUT2D eigenvalue weighted by Crippen LogP contribution is -2.56. The third kappa shape index (κ3) is 3.37. The van der Waals surface area contributed by atoms with Gasteiger partial charge in [-0.15, -0.1) is 0 Å². The highest BCUT2D eigenvalue weighted by atomic mass is 16.2. The Hall–Kier alpha value is -1.14. The van der Waals surface area contributed by atoms with Crippen LogP contribution in [0.25, 0.3) is 0 Å². The molecule has 2 amide bonds. The summed E-state index contributed by atoms with van der Waals surface area (Å²) in [7, 11) is 3.54. The first-order chi connectivity index (χ1) is 9.84. The van der Waals surface area contributed by atoms with Gasteiger partial charge >= 0.3 is 0 Å². The summed E-state index contributed by atoms with van der Waals surface area (Å²) in [5, 5.41) is 0. The summed E-state index contributed by atoms with van der Waals surface area (Å²) in [6.07, 6.45) is 2.88. The van der Waals surface area contributed by atoms with Crippen molar-refractivity contribution in [1.29, 1.82) is 0 Å². The molecule has 1 saturated carbocycles. The summed E-state index contributed by atoms with van der Waals surface area (Å²) in [6.45, 7) is 5.36. The number of amides is 2. The first kappa shape index (κ1) is 16.2. The maximum atomic E-state index is 12.7. The second-order valence-electron chi connectivity index (χ2n) is 6.77. The van der Waals surface area contributed by atoms with E-state index in [1.807, 2.05) is 11.8 Å². The van der Waals surface area contributed by atoms with Crippen molar-refractivity contribution >= 4 is 11.8 Å². The zero-order chi connectivity index (χ0) is 15.6. The average molecular weight is 296 g/mol. The van der Waals surface area contributed by atoms with Gasteiger partial charge in [0, 0.05) is 46.3 Å². The molecule has 0 aromatic rings. The number of carbonyl (C=O) groups excluding carboxylic acids is 2. The van der Waals surface area contributed by atoms with Crippen LogP contribution in [-0.4, -0.2) is 79.4 Å². The molecule has 21 heavy (non-hydrogen) atoms. The Labute approximate surface area is 127 Å². The van der Waals surface area contributed by atoms with E-state index >= 15 is 0 Å². The van der Waals surface area contributed by atoms with Crippen molar-refractivity contribution in [2.75, 3.05) is 46.8 Å². The maximum absolute atomic E-state index is 12.7. The molecule has 1 aliphatic carbocycles. The van der Waals surface area contributed by atoms with Gasteiger partial charge in [0.25, 0.3) is 0 Å². The molecule has 2 N–H and O–H groups in total. The third-order valence-electron chi connectivity index (χ3n) is 5.04. The molecule has 0 bridgehead atoms. The monoisotopic (exact) mass is 296 g/mol. The summed E-state index contributed by atoms with van der Waals surface area (Å²) in [4.78, 5) is 30.1. The first-order valence-electron chi connectivity index (χ1n) is 7.82. The highest BCUT2D eigenvalue weighted by Crippen LogP contribution is 2.38. The van der Waals surface area contributed by atoms with E-state index in [1.165, 1.54) is 0 Å². The number of rotatable bonds is 3. The van der Waals surface area contributed by atoms with E-state index in [0.717, 1.165) is 32.4 Å². The van der Waals surface area contributed by atoms with Gasteiger partial charge in [0.05, 0.1) is 12.0 Å². The van der Waals surface area contributed by atoms with Crippen molar-refractivity contribution < 1.29 is 9.59 Å². The Morgan fingerprint density at radius 1 is 1.24 bits per heavy atom. The number of nitrogens with zero attached hydrogens (tertiary/aromatic N) is 3. The summed E-state index contributed by atoms with van der Waals surface area (Å²) in [5.41, 5.74) is 5.75. The van der Waals surface area contributed by atoms with Crippen molar-refractivity contribution in [3.8, 4) is 0 Å². The number of nitrogens with two attached hydrogens (primary N) is 1. The van der Waals surface area contributed by atoms with Crippen LogP contribution in [0.1, 0.15) is 26.2 Å². The topological polar surface area (TPSA) is 69.9 Å². The second-order valence-corrected chi connectivity index (χ2v) is 6.77. The molecule has 2 unspecified atom stereocenters. The zero-order valence-corrected chi connectivity index (χ0v) is 13.5. The zero-order valence-electron chi connectivity index (χ0n) is 13.5. The minimum absolute atomic E-state index is 0.0154. The van der Waals surface area contributed by atoms with Crippen molar-refractivity contribution in [3.05, 3.63) is 0 Å². The lowest BCUT2D eigenvalue weighted by Gasteiger charge is -2.39. The number of carbonyl (C=O) groups is 2. The first-order valence-corrected chi connectivity index (χ1v) is 7.82. The van der Waals surface area contributed by atoms with Gasteiger partial charge in [0.1, 0.15) is 0 Å². The van der Waals surface area contributed by atoms with Gasteiger partial charge in [-0.3, -0.25) is 14.5 Å². The quantitative estimate of drug-likeness (QED) is 0.779. The number of likely N-dealkylation sites (N-methyl/N-ethyl adjacent to an activating group) is 1. The van der Waals surface area contributed by atoms with Crippen LogP contribution in [0.5, 0.6) is 0 Å². The van der Waals surface area contributed by atoms with E-state index in [-0.39, 0.29) is 23.3 Å². The highest BCUT2D eigenvalue weighted by Gasteiger charge is 2.45. The molecule has 2 fully saturated rings. The molecule has 1 aliphatic heterocycles. The molecule has 6 nitrogen and oxygen atoms in total. The van der Waals surface area contributed by atoms with Gasteiger partial charge in [-0.05, 0) is 19.8 Å². The van der Waals surface area contributed by atoms with Crippen molar-refractivity contribution in [2.24, 2.45) is 11.1 Å². The summed E-state index contributed by atoms with van der Waals surface area (Å²) < 4.78 is 0. The van der Waals surface area contributed by atoms with Gasteiger partial charge in [-0.1, -0.05) is 6.42 Å². The Kier molecular flexibility index (Phi) is 4.88. The molecule has 2 aliphatic rings. The predicted molar refractivity (Wildman–Crippen MR) is 81.6 cm³/mol. The number of piperazine rings is 1. The highest BCUT2D eigenvalue weighted by molar-refractivity contribution is 5.83. The van der Waals surface area contributed by atoms with Gasteiger partial charge in [0.2, 0.25) is 11.8 Å². The molecular formula is C15H28N4O2. The van der Waals surface area contributed by atoms with Crippen LogP contribution in [0.2, 0.25) is 0 Å². The minimum atomic E-state index is -0.387. The van der Waals surface area contributed by atoms with Gasteiger partial charge < -0.3 is 15.5 Å². The maximum Gasteiger partial charge on any atom is 0.236 e. The van der Waals surface area contributed by atoms with E-state index in [1.54, 1.807) is 19.0 Å². The van der Waals surface area contributed by atoms with Crippen molar-refractivity contribution in [2.45, 2.75) is 32.2 Å². The molecule has 120 valence electrons. The van der Waals surface area contributed by atoms with Crippen LogP contribution in [0.3, 0.4) is 0 Å². The van der Waals surface area contributed by atoms with E-state index in [4.69, 9.17) is 5.73 Å². The van der Waals surface area contributed by atoms with Crippen molar-refractivity contribution in [3.63, 3.8) is 0 Å². The van der Waals surface area contributed by atoms with Gasteiger partial charge in [-0.2, -0.15) is 0 Å². The smallest absolute Gasteiger partial charge is 0.236 e. The molecule has 0 spiro atoms. The molecule has 1 heterocycles. The Balaban J connectivity index is 1.86. The molecule has 0 radical (unpaired) electrons. The third-order valence-corrected chi connectivity index (χ3v) is 5.04. The fourth-order valence-corrected chi connectivity index (χ4v) is 3.26. The molecule has 2 atom stereocenters. The molecule has 0 aromatic heterocycles. The molecular weight excluding hydrogens is 268 g/mol. The Morgan fingerprint density at radius 2 is 1.86 bits per heavy atom. The molecule has 0 aromatic carbocycles. The van der Waals surface area contributed by atoms with Crippen molar-refractivity contribution in [1.82, 2.24) is 14.7 Å². The van der Waals surface area contributed by atoms with E-state index in [2.05, 4.69) is 4.90 Å². The summed E-state index contributed by atoms with van der Waals surface area (Å²) >= 11 is 0. The lowest BCUT2D eigenvalue weighted by atomic mass is 9.83. The van der Waals surface area contributed by atoms with Crippen LogP contribution < -0.4 is 5.73 Å². The normalized spacial score (nSPS) is 30.5. The number of hydrogen-bond acceptors (Lipinski definition) is 4. The predicted octanol–water partition coefficient (Wildman–Crippen LogP) is -0.264. The van der Waals surface area contributed by atoms with Gasteiger partial charge in [-0.25, -0.2) is 0 Å². The summed E-state index contributed by atoms with van der Waals surface area (Å²) in [6, 6.07) is -0.0154. The SMILES string of the molecule is CN(C)C(=O)CN1CCN(C(=O)C2(C)CCCC2N)CC1. The fraction of sp³-hybridized carbons (Fsp3) is 0.867. The molecule has 1 saturated heterocycles. The average Bonchev–Trinajstić information content (AvgIpc) is 2.80. The largest absolute Gasteiger partial charge is 0.348 e. The molecule has 6 heteroatoms. The van der Waals surface area contributed by atoms with Crippen LogP contribution in [0.15, 0.2) is 0 Å². The van der Waals surface area contributed by atoms with Crippen LogP contribution in [-0.2, 0) is 9.59 Å².